The molecule has 6 rings (SSSR count). The van der Waals surface area contributed by atoms with Crippen LogP contribution >= 0.6 is 0 Å². The predicted molar refractivity (Wildman–Crippen MR) is 96.2 cm³/mol. The van der Waals surface area contributed by atoms with E-state index in [4.69, 9.17) is 4.74 Å². The molecular weight excluding hydrogens is 328 g/mol. The highest BCUT2D eigenvalue weighted by Crippen LogP contribution is 2.85. The molecule has 0 unspecified atom stereocenters. The van der Waals surface area contributed by atoms with Gasteiger partial charge in [0.15, 0.2) is 0 Å². The van der Waals surface area contributed by atoms with Crippen LogP contribution in [0.4, 0.5) is 0 Å². The molecule has 0 aromatic heterocycles. The second-order valence-electron chi connectivity index (χ2n) is 11.1. The topological polar surface area (TPSA) is 63.6 Å². The van der Waals surface area contributed by atoms with E-state index in [1.807, 2.05) is 6.92 Å². The molecule has 6 fully saturated rings. The van der Waals surface area contributed by atoms with Crippen molar-refractivity contribution in [3.05, 3.63) is 0 Å². The van der Waals surface area contributed by atoms with Crippen LogP contribution in [0.15, 0.2) is 0 Å². The van der Waals surface area contributed by atoms with E-state index in [1.165, 1.54) is 32.6 Å². The first-order valence-corrected chi connectivity index (χ1v) is 10.5. The minimum atomic E-state index is -0.965. The van der Waals surface area contributed by atoms with E-state index in [2.05, 4.69) is 13.8 Å². The van der Waals surface area contributed by atoms with Crippen molar-refractivity contribution in [3.8, 4) is 0 Å². The van der Waals surface area contributed by atoms with Crippen LogP contribution in [0.25, 0.3) is 0 Å². The summed E-state index contributed by atoms with van der Waals surface area (Å²) < 4.78 is 5.56. The molecule has 6 aliphatic rings. The summed E-state index contributed by atoms with van der Waals surface area (Å²) in [6.45, 7) is 8.14. The molecule has 4 bridgehead atoms. The van der Waals surface area contributed by atoms with E-state index in [1.54, 1.807) is 0 Å². The van der Waals surface area contributed by atoms with Crippen molar-refractivity contribution in [2.75, 3.05) is 0 Å². The number of fused-ring (bicyclic) bond motifs is 1. The average molecular weight is 360 g/mol. The third-order valence-electron chi connectivity index (χ3n) is 10.3. The van der Waals surface area contributed by atoms with Crippen LogP contribution < -0.4 is 0 Å². The van der Waals surface area contributed by atoms with Crippen LogP contribution in [0.1, 0.15) is 72.6 Å². The molecule has 6 aliphatic carbocycles. The van der Waals surface area contributed by atoms with Crippen molar-refractivity contribution in [2.45, 2.75) is 78.7 Å². The van der Waals surface area contributed by atoms with Gasteiger partial charge in [-0.05, 0) is 91.8 Å². The van der Waals surface area contributed by atoms with Crippen molar-refractivity contribution >= 4 is 11.9 Å². The molecule has 0 radical (unpaired) electrons. The molecule has 0 aromatic carbocycles. The first-order chi connectivity index (χ1) is 12.1. The third-order valence-corrected chi connectivity index (χ3v) is 10.3. The van der Waals surface area contributed by atoms with Crippen molar-refractivity contribution in [1.29, 1.82) is 0 Å². The fourth-order valence-electron chi connectivity index (χ4n) is 9.18. The summed E-state index contributed by atoms with van der Waals surface area (Å²) in [5, 5.41) is 10.2. The van der Waals surface area contributed by atoms with Gasteiger partial charge in [0.05, 0.1) is 0 Å². The quantitative estimate of drug-likeness (QED) is 0.747. The Balaban J connectivity index is 1.53. The Morgan fingerprint density at radius 2 is 1.73 bits per heavy atom. The maximum atomic E-state index is 12.4. The molecule has 0 aromatic rings. The molecule has 0 aliphatic heterocycles. The highest BCUT2D eigenvalue weighted by atomic mass is 16.5. The Kier molecular flexibility index (Phi) is 3.07. The summed E-state index contributed by atoms with van der Waals surface area (Å²) >= 11 is 0. The molecule has 9 atom stereocenters. The predicted octanol–water partition coefficient (Wildman–Crippen LogP) is 4.27. The molecule has 0 heterocycles. The number of carboxylic acids is 1. The molecule has 6 saturated carbocycles. The molecule has 4 heteroatoms. The molecular formula is C22H32O4. The van der Waals surface area contributed by atoms with Crippen molar-refractivity contribution in [1.82, 2.24) is 0 Å². The van der Waals surface area contributed by atoms with E-state index in [0.717, 1.165) is 24.7 Å². The number of rotatable bonds is 2. The van der Waals surface area contributed by atoms with Gasteiger partial charge in [-0.25, -0.2) is 0 Å². The van der Waals surface area contributed by atoms with Gasteiger partial charge in [-0.1, -0.05) is 13.8 Å². The van der Waals surface area contributed by atoms with Crippen LogP contribution in [0, 0.1) is 45.3 Å². The lowest BCUT2D eigenvalue weighted by atomic mass is 9.39. The average Bonchev–Trinajstić information content (AvgIpc) is 3.00. The molecule has 1 N–H and O–H groups in total. The van der Waals surface area contributed by atoms with Crippen LogP contribution in [-0.2, 0) is 14.3 Å². The third kappa shape index (κ3) is 1.73. The standard InChI is InChI=1S/C22H32O4/c1-12(23)26-17-6-7-19(2)15(21(17,4)18(24)25)5-8-22-10-14-13(9-16(19)22)20(14,3)11-22/h13-17H,5-11H2,1-4H3,(H,24,25)/t13-,14+,15+,16+,17-,19-,20-,21-,22+/m1/s1. The summed E-state index contributed by atoms with van der Waals surface area (Å²) in [7, 11) is 0. The molecule has 0 amide bonds. The lowest BCUT2D eigenvalue weighted by molar-refractivity contribution is -0.217. The number of esters is 1. The first-order valence-electron chi connectivity index (χ1n) is 10.5. The minimum Gasteiger partial charge on any atom is -0.481 e. The fourth-order valence-corrected chi connectivity index (χ4v) is 9.18. The highest BCUT2D eigenvalue weighted by Gasteiger charge is 2.79. The number of hydrogen-bond donors (Lipinski definition) is 1. The van der Waals surface area contributed by atoms with E-state index in [0.29, 0.717) is 23.2 Å². The molecule has 1 spiro atoms. The van der Waals surface area contributed by atoms with E-state index >= 15 is 0 Å². The van der Waals surface area contributed by atoms with Gasteiger partial charge in [-0.2, -0.15) is 0 Å². The second-order valence-corrected chi connectivity index (χ2v) is 11.1. The summed E-state index contributed by atoms with van der Waals surface area (Å²) in [6, 6.07) is 0. The Bertz CT molecular complexity index is 702. The number of hydrogen-bond acceptors (Lipinski definition) is 3. The minimum absolute atomic E-state index is 0.0664. The maximum absolute atomic E-state index is 12.4. The second kappa shape index (κ2) is 4.67. The maximum Gasteiger partial charge on any atom is 0.313 e. The van der Waals surface area contributed by atoms with E-state index < -0.39 is 17.5 Å². The number of carboxylic acid groups (broad SMARTS) is 1. The smallest absolute Gasteiger partial charge is 0.313 e. The van der Waals surface area contributed by atoms with Crippen molar-refractivity contribution in [2.24, 2.45) is 45.3 Å². The van der Waals surface area contributed by atoms with Gasteiger partial charge < -0.3 is 9.84 Å². The van der Waals surface area contributed by atoms with E-state index in [9.17, 15) is 14.7 Å². The van der Waals surface area contributed by atoms with Gasteiger partial charge in [-0.3, -0.25) is 9.59 Å². The lowest BCUT2D eigenvalue weighted by Gasteiger charge is -2.65. The SMILES string of the molecule is CC(=O)O[C@@H]1CC[C@@]2(C)[C@@H]3C[C@@H]4[C@@H]5C[C@@]3(CC[C@@H]2[C@@]1(C)C(=O)O)C[C@]45C. The zero-order valence-corrected chi connectivity index (χ0v) is 16.5. The Hall–Kier alpha value is -1.06. The summed E-state index contributed by atoms with van der Waals surface area (Å²) in [5.41, 5.74) is 0.169. The number of carbonyl (C=O) groups is 2. The zero-order valence-electron chi connectivity index (χ0n) is 16.5. The zero-order chi connectivity index (χ0) is 18.7. The van der Waals surface area contributed by atoms with Gasteiger partial charge in [0, 0.05) is 6.92 Å². The molecule has 144 valence electrons. The number of ether oxygens (including phenoxy) is 1. The van der Waals surface area contributed by atoms with E-state index in [-0.39, 0.29) is 17.3 Å². The first kappa shape index (κ1) is 17.1. The van der Waals surface area contributed by atoms with Gasteiger partial charge in [0.2, 0.25) is 0 Å². The molecule has 0 saturated heterocycles. The van der Waals surface area contributed by atoms with Crippen LogP contribution in [0.5, 0.6) is 0 Å². The molecule has 4 nitrogen and oxygen atoms in total. The van der Waals surface area contributed by atoms with Gasteiger partial charge in [0.25, 0.3) is 0 Å². The Morgan fingerprint density at radius 1 is 1.00 bits per heavy atom. The Labute approximate surface area is 156 Å². The highest BCUT2D eigenvalue weighted by molar-refractivity contribution is 5.77. The summed E-state index contributed by atoms with van der Waals surface area (Å²) in [6.07, 6.45) is 7.41. The van der Waals surface area contributed by atoms with Gasteiger partial charge >= 0.3 is 11.9 Å². The van der Waals surface area contributed by atoms with Crippen LogP contribution in [0.3, 0.4) is 0 Å². The largest absolute Gasteiger partial charge is 0.481 e. The Morgan fingerprint density at radius 3 is 2.31 bits per heavy atom. The molecule has 26 heavy (non-hydrogen) atoms. The van der Waals surface area contributed by atoms with Gasteiger partial charge in [0.1, 0.15) is 11.5 Å². The van der Waals surface area contributed by atoms with Crippen LogP contribution in [0.2, 0.25) is 0 Å². The van der Waals surface area contributed by atoms with Gasteiger partial charge in [-0.15, -0.1) is 0 Å². The number of carbonyl (C=O) groups excluding carboxylic acids is 1. The van der Waals surface area contributed by atoms with Crippen molar-refractivity contribution < 1.29 is 19.4 Å². The monoisotopic (exact) mass is 360 g/mol. The lowest BCUT2D eigenvalue weighted by Crippen LogP contribution is -2.63. The fraction of sp³-hybridized carbons (Fsp3) is 0.909. The summed E-state index contributed by atoms with van der Waals surface area (Å²) in [4.78, 5) is 24.1. The van der Waals surface area contributed by atoms with Crippen molar-refractivity contribution in [3.63, 3.8) is 0 Å². The van der Waals surface area contributed by atoms with Crippen LogP contribution in [-0.4, -0.2) is 23.1 Å². The normalized spacial score (nSPS) is 59.2. The summed E-state index contributed by atoms with van der Waals surface area (Å²) in [5.74, 6) is 1.45. The number of aliphatic carboxylic acids is 1.